The van der Waals surface area contributed by atoms with E-state index in [1.165, 1.54) is 0 Å². The van der Waals surface area contributed by atoms with Gasteiger partial charge in [0.15, 0.2) is 0 Å². The fraction of sp³-hybridized carbons (Fsp3) is 1.00. The summed E-state index contributed by atoms with van der Waals surface area (Å²) in [4.78, 5) is 0. The van der Waals surface area contributed by atoms with Crippen LogP contribution >= 0.6 is 0 Å². The molecule has 4 N–H and O–H groups in total. The van der Waals surface area contributed by atoms with Gasteiger partial charge in [-0.05, 0) is 57.5 Å². The Kier molecular flexibility index (Phi) is 4.42. The van der Waals surface area contributed by atoms with Crippen molar-refractivity contribution >= 4 is 0 Å². The highest BCUT2D eigenvalue weighted by molar-refractivity contribution is 4.97. The molecule has 1 unspecified atom stereocenters. The number of hydrogen-bond donors (Lipinski definition) is 3. The zero-order chi connectivity index (χ0) is 12.3. The second-order valence-electron chi connectivity index (χ2n) is 5.65. The fourth-order valence-corrected chi connectivity index (χ4v) is 3.32. The summed E-state index contributed by atoms with van der Waals surface area (Å²) in [6.07, 6.45) is 6.34. The average molecular weight is 242 g/mol. The van der Waals surface area contributed by atoms with Crippen LogP contribution in [0.15, 0.2) is 0 Å². The molecule has 0 amide bonds. The molecule has 2 fully saturated rings. The van der Waals surface area contributed by atoms with Crippen LogP contribution in [0.3, 0.4) is 0 Å². The van der Waals surface area contributed by atoms with Crippen LogP contribution in [0.1, 0.15) is 38.5 Å². The summed E-state index contributed by atoms with van der Waals surface area (Å²) >= 11 is 0. The van der Waals surface area contributed by atoms with Gasteiger partial charge in [-0.15, -0.1) is 0 Å². The van der Waals surface area contributed by atoms with Crippen molar-refractivity contribution in [3.63, 3.8) is 0 Å². The number of methoxy groups -OCH3 is 1. The molecule has 2 rings (SSSR count). The van der Waals surface area contributed by atoms with Crippen molar-refractivity contribution in [3.05, 3.63) is 0 Å². The Labute approximate surface area is 104 Å². The molecule has 17 heavy (non-hydrogen) atoms. The van der Waals surface area contributed by atoms with Gasteiger partial charge in [0.05, 0.1) is 11.7 Å². The summed E-state index contributed by atoms with van der Waals surface area (Å²) in [6, 6.07) is -0.0672. The minimum atomic E-state index is -0.643. The van der Waals surface area contributed by atoms with Crippen LogP contribution < -0.4 is 11.1 Å². The van der Waals surface area contributed by atoms with Gasteiger partial charge in [0, 0.05) is 13.2 Å². The van der Waals surface area contributed by atoms with Gasteiger partial charge in [-0.25, -0.2) is 0 Å². The zero-order valence-corrected chi connectivity index (χ0v) is 10.8. The summed E-state index contributed by atoms with van der Waals surface area (Å²) in [5.41, 5.74) is 5.68. The maximum absolute atomic E-state index is 10.6. The summed E-state index contributed by atoms with van der Waals surface area (Å²) in [5, 5.41) is 13.9. The molecule has 1 heterocycles. The topological polar surface area (TPSA) is 67.5 Å². The molecule has 0 radical (unpaired) electrons. The molecule has 1 atom stereocenters. The molecule has 0 bridgehead atoms. The van der Waals surface area contributed by atoms with Crippen LogP contribution in [0.2, 0.25) is 0 Å². The summed E-state index contributed by atoms with van der Waals surface area (Å²) in [5.74, 6) is 0.462. The normalized spacial score (nSPS) is 35.5. The lowest BCUT2D eigenvalue weighted by Crippen LogP contribution is -2.57. The molecule has 4 heteroatoms. The molecule has 1 saturated heterocycles. The molecular weight excluding hydrogens is 216 g/mol. The number of nitrogens with one attached hydrogen (secondary N) is 1. The van der Waals surface area contributed by atoms with Crippen LogP contribution in [0.5, 0.6) is 0 Å². The molecule has 2 aliphatic rings. The quantitative estimate of drug-likeness (QED) is 0.679. The van der Waals surface area contributed by atoms with E-state index < -0.39 is 5.60 Å². The minimum Gasteiger partial charge on any atom is -0.388 e. The second-order valence-corrected chi connectivity index (χ2v) is 5.65. The van der Waals surface area contributed by atoms with E-state index in [2.05, 4.69) is 5.32 Å². The van der Waals surface area contributed by atoms with Gasteiger partial charge < -0.3 is 20.9 Å². The predicted octanol–water partition coefficient (Wildman–Crippen LogP) is 0.633. The van der Waals surface area contributed by atoms with Crippen LogP contribution in [-0.4, -0.2) is 43.1 Å². The first-order chi connectivity index (χ1) is 8.15. The Morgan fingerprint density at radius 1 is 1.24 bits per heavy atom. The van der Waals surface area contributed by atoms with E-state index in [-0.39, 0.29) is 6.04 Å². The second kappa shape index (κ2) is 5.65. The maximum Gasteiger partial charge on any atom is 0.0824 e. The maximum atomic E-state index is 10.6. The first kappa shape index (κ1) is 13.3. The first-order valence-corrected chi connectivity index (χ1v) is 6.87. The van der Waals surface area contributed by atoms with Crippen LogP contribution in [0, 0.1) is 5.92 Å². The smallest absolute Gasteiger partial charge is 0.0824 e. The predicted molar refractivity (Wildman–Crippen MR) is 67.8 cm³/mol. The summed E-state index contributed by atoms with van der Waals surface area (Å²) < 4.78 is 5.38. The number of rotatable bonds is 3. The lowest BCUT2D eigenvalue weighted by Gasteiger charge is -2.43. The van der Waals surface area contributed by atoms with Gasteiger partial charge >= 0.3 is 0 Å². The van der Waals surface area contributed by atoms with E-state index in [1.54, 1.807) is 7.11 Å². The fourth-order valence-electron chi connectivity index (χ4n) is 3.32. The zero-order valence-electron chi connectivity index (χ0n) is 10.8. The largest absolute Gasteiger partial charge is 0.388 e. The number of aliphatic hydroxyl groups is 1. The van der Waals surface area contributed by atoms with E-state index in [9.17, 15) is 5.11 Å². The van der Waals surface area contributed by atoms with Gasteiger partial charge in [0.1, 0.15) is 0 Å². The Balaban J connectivity index is 1.89. The first-order valence-electron chi connectivity index (χ1n) is 6.87. The van der Waals surface area contributed by atoms with Gasteiger partial charge in [-0.3, -0.25) is 0 Å². The Bertz CT molecular complexity index is 234. The molecule has 1 aliphatic heterocycles. The van der Waals surface area contributed by atoms with E-state index in [0.717, 1.165) is 51.6 Å². The molecule has 1 saturated carbocycles. The van der Waals surface area contributed by atoms with E-state index in [0.29, 0.717) is 12.0 Å². The van der Waals surface area contributed by atoms with Gasteiger partial charge in [-0.1, -0.05) is 0 Å². The lowest BCUT2D eigenvalue weighted by atomic mass is 9.73. The Morgan fingerprint density at radius 2 is 1.82 bits per heavy atom. The molecule has 0 aromatic heterocycles. The van der Waals surface area contributed by atoms with Crippen LogP contribution in [-0.2, 0) is 4.74 Å². The third-order valence-electron chi connectivity index (χ3n) is 4.65. The lowest BCUT2D eigenvalue weighted by molar-refractivity contribution is -0.0433. The van der Waals surface area contributed by atoms with E-state index in [4.69, 9.17) is 10.5 Å². The highest BCUT2D eigenvalue weighted by Crippen LogP contribution is 2.34. The number of ether oxygens (including phenoxy) is 1. The third kappa shape index (κ3) is 2.99. The number of hydrogen-bond acceptors (Lipinski definition) is 4. The van der Waals surface area contributed by atoms with Crippen LogP contribution in [0.4, 0.5) is 0 Å². The van der Waals surface area contributed by atoms with E-state index in [1.807, 2.05) is 0 Å². The molecule has 0 aromatic rings. The molecule has 100 valence electrons. The third-order valence-corrected chi connectivity index (χ3v) is 4.65. The number of piperidine rings is 1. The van der Waals surface area contributed by atoms with Crippen molar-refractivity contribution < 1.29 is 9.84 Å². The Hall–Kier alpha value is -0.160. The van der Waals surface area contributed by atoms with Gasteiger partial charge in [0.2, 0.25) is 0 Å². The summed E-state index contributed by atoms with van der Waals surface area (Å²) in [6.45, 7) is 1.77. The summed E-state index contributed by atoms with van der Waals surface area (Å²) in [7, 11) is 1.78. The molecule has 4 nitrogen and oxygen atoms in total. The van der Waals surface area contributed by atoms with Crippen molar-refractivity contribution in [2.45, 2.75) is 56.3 Å². The van der Waals surface area contributed by atoms with Crippen molar-refractivity contribution in [1.29, 1.82) is 0 Å². The van der Waals surface area contributed by atoms with Gasteiger partial charge in [-0.2, -0.15) is 0 Å². The van der Waals surface area contributed by atoms with Gasteiger partial charge in [0.25, 0.3) is 0 Å². The van der Waals surface area contributed by atoms with Crippen molar-refractivity contribution in [2.24, 2.45) is 11.7 Å². The van der Waals surface area contributed by atoms with Crippen molar-refractivity contribution in [1.82, 2.24) is 5.32 Å². The van der Waals surface area contributed by atoms with Crippen LogP contribution in [0.25, 0.3) is 0 Å². The highest BCUT2D eigenvalue weighted by Gasteiger charge is 2.40. The molecule has 0 spiro atoms. The van der Waals surface area contributed by atoms with Crippen molar-refractivity contribution in [3.8, 4) is 0 Å². The average Bonchev–Trinajstić information content (AvgIpc) is 2.39. The van der Waals surface area contributed by atoms with E-state index >= 15 is 0 Å². The molecular formula is C13H26N2O2. The Morgan fingerprint density at radius 3 is 2.35 bits per heavy atom. The standard InChI is InChI=1S/C13H26N2O2/c1-17-11-4-2-10(3-5-11)12(14)13(16)6-8-15-9-7-13/h10-12,15-16H,2-9,14H2,1H3. The number of nitrogens with two attached hydrogens (primary N) is 1. The highest BCUT2D eigenvalue weighted by atomic mass is 16.5. The SMILES string of the molecule is COC1CCC(C(N)C2(O)CCNCC2)CC1. The molecule has 0 aromatic carbocycles. The molecule has 1 aliphatic carbocycles. The van der Waals surface area contributed by atoms with Crippen molar-refractivity contribution in [2.75, 3.05) is 20.2 Å². The monoisotopic (exact) mass is 242 g/mol. The minimum absolute atomic E-state index is 0.0672.